The summed E-state index contributed by atoms with van der Waals surface area (Å²) in [7, 11) is 0. The molecule has 2 N–H and O–H groups in total. The van der Waals surface area contributed by atoms with Gasteiger partial charge in [-0.3, -0.25) is 0 Å². The Morgan fingerprint density at radius 2 is 1.03 bits per heavy atom. The van der Waals surface area contributed by atoms with Crippen molar-refractivity contribution in [1.29, 1.82) is 0 Å². The highest BCUT2D eigenvalue weighted by Crippen LogP contribution is 2.51. The third kappa shape index (κ3) is 5.07. The van der Waals surface area contributed by atoms with Gasteiger partial charge in [-0.25, -0.2) is 0 Å². The van der Waals surface area contributed by atoms with Crippen molar-refractivity contribution >= 4 is 22.7 Å². The van der Waals surface area contributed by atoms with E-state index in [1.807, 2.05) is 24.3 Å². The van der Waals surface area contributed by atoms with Gasteiger partial charge in [0.2, 0.25) is 0 Å². The zero-order valence-corrected chi connectivity index (χ0v) is 20.8. The summed E-state index contributed by atoms with van der Waals surface area (Å²) in [5, 5.41) is 0. The Bertz CT molecular complexity index is 1450. The van der Waals surface area contributed by atoms with Crippen LogP contribution < -0.4 is 15.4 Å². The van der Waals surface area contributed by atoms with Crippen molar-refractivity contribution in [2.24, 2.45) is 0 Å². The molecule has 0 spiro atoms. The molecule has 0 saturated carbocycles. The second-order valence-corrected chi connectivity index (χ2v) is 9.61. The van der Waals surface area contributed by atoms with E-state index in [4.69, 9.17) is 10.5 Å². The standard InChI is InChI=1S/C34H30N2O/c35-29-19-20-32-34(24-29)37-33-14-8-7-13-31(33)36(32)30-22-27(17-15-25-9-3-1-4-10-25)21-28(23-30)18-16-26-11-5-2-6-12-26/h1-14,19-24H,15-18,35H2. The third-order valence-electron chi connectivity index (χ3n) is 6.94. The summed E-state index contributed by atoms with van der Waals surface area (Å²) in [6, 6.07) is 42.6. The summed E-state index contributed by atoms with van der Waals surface area (Å²) in [6.07, 6.45) is 3.98. The Balaban J connectivity index is 1.40. The number of fused-ring (bicyclic) bond motifs is 2. The highest BCUT2D eigenvalue weighted by atomic mass is 16.5. The summed E-state index contributed by atoms with van der Waals surface area (Å²) < 4.78 is 6.26. The van der Waals surface area contributed by atoms with Gasteiger partial charge in [0.15, 0.2) is 11.5 Å². The molecule has 0 aromatic heterocycles. The lowest BCUT2D eigenvalue weighted by atomic mass is 9.97. The topological polar surface area (TPSA) is 38.5 Å². The Morgan fingerprint density at radius 3 is 1.68 bits per heavy atom. The van der Waals surface area contributed by atoms with E-state index in [9.17, 15) is 0 Å². The molecule has 1 aliphatic rings. The lowest BCUT2D eigenvalue weighted by Crippen LogP contribution is -2.16. The first kappa shape index (κ1) is 22.9. The molecule has 3 nitrogen and oxygen atoms in total. The van der Waals surface area contributed by atoms with Gasteiger partial charge in [0.1, 0.15) is 0 Å². The lowest BCUT2D eigenvalue weighted by Gasteiger charge is -2.33. The van der Waals surface area contributed by atoms with Gasteiger partial charge in [0.25, 0.3) is 0 Å². The molecule has 0 radical (unpaired) electrons. The van der Waals surface area contributed by atoms with Crippen LogP contribution in [0.15, 0.2) is 121 Å². The molecule has 0 saturated heterocycles. The van der Waals surface area contributed by atoms with E-state index in [0.717, 1.165) is 54.2 Å². The maximum Gasteiger partial charge on any atom is 0.153 e. The number of para-hydroxylation sites is 2. The van der Waals surface area contributed by atoms with Crippen LogP contribution in [0.1, 0.15) is 22.3 Å². The molecular formula is C34H30N2O. The fourth-order valence-electron chi connectivity index (χ4n) is 5.08. The van der Waals surface area contributed by atoms with E-state index < -0.39 is 0 Å². The van der Waals surface area contributed by atoms with Crippen molar-refractivity contribution in [3.8, 4) is 11.5 Å². The number of aryl methyl sites for hydroxylation is 4. The first-order valence-electron chi connectivity index (χ1n) is 12.9. The Morgan fingerprint density at radius 1 is 0.486 bits per heavy atom. The molecule has 5 aromatic carbocycles. The molecule has 0 unspecified atom stereocenters. The monoisotopic (exact) mass is 482 g/mol. The van der Waals surface area contributed by atoms with Gasteiger partial charge >= 0.3 is 0 Å². The van der Waals surface area contributed by atoms with Crippen LogP contribution in [0.4, 0.5) is 22.7 Å². The smallest absolute Gasteiger partial charge is 0.153 e. The molecule has 37 heavy (non-hydrogen) atoms. The molecule has 0 fully saturated rings. The van der Waals surface area contributed by atoms with Gasteiger partial charge < -0.3 is 15.4 Å². The normalized spacial score (nSPS) is 11.9. The number of hydrogen-bond donors (Lipinski definition) is 1. The quantitative estimate of drug-likeness (QED) is 0.232. The summed E-state index contributed by atoms with van der Waals surface area (Å²) in [4.78, 5) is 2.31. The van der Waals surface area contributed by atoms with Crippen molar-refractivity contribution in [3.63, 3.8) is 0 Å². The van der Waals surface area contributed by atoms with E-state index >= 15 is 0 Å². The molecule has 0 amide bonds. The molecule has 1 heterocycles. The number of nitrogens with zero attached hydrogens (tertiary/aromatic N) is 1. The van der Waals surface area contributed by atoms with Crippen molar-refractivity contribution in [1.82, 2.24) is 0 Å². The fourth-order valence-corrected chi connectivity index (χ4v) is 5.08. The summed E-state index contributed by atoms with van der Waals surface area (Å²) in [6.45, 7) is 0. The minimum atomic E-state index is 0.693. The Hall–Kier alpha value is -4.50. The van der Waals surface area contributed by atoms with Crippen LogP contribution in [-0.4, -0.2) is 0 Å². The molecule has 1 aliphatic heterocycles. The Labute approximate surface area is 218 Å². The van der Waals surface area contributed by atoms with E-state index in [1.54, 1.807) is 0 Å². The first-order valence-corrected chi connectivity index (χ1v) is 12.9. The number of nitrogen functional groups attached to an aromatic ring is 1. The Kier molecular flexibility index (Phi) is 6.35. The van der Waals surface area contributed by atoms with Crippen molar-refractivity contribution in [3.05, 3.63) is 144 Å². The SMILES string of the molecule is Nc1ccc2c(c1)Oc1ccccc1N2c1cc(CCc2ccccc2)cc(CCc2ccccc2)c1. The van der Waals surface area contributed by atoms with Crippen LogP contribution in [0.5, 0.6) is 11.5 Å². The maximum absolute atomic E-state index is 6.26. The molecule has 6 rings (SSSR count). The van der Waals surface area contributed by atoms with Gasteiger partial charge in [-0.2, -0.15) is 0 Å². The highest BCUT2D eigenvalue weighted by Gasteiger charge is 2.26. The fraction of sp³-hybridized carbons (Fsp3) is 0.118. The minimum Gasteiger partial charge on any atom is -0.453 e. The minimum absolute atomic E-state index is 0.693. The van der Waals surface area contributed by atoms with Crippen LogP contribution in [0.25, 0.3) is 0 Å². The molecule has 0 atom stereocenters. The molecule has 3 heteroatoms. The highest BCUT2D eigenvalue weighted by molar-refractivity contribution is 5.87. The van der Waals surface area contributed by atoms with Crippen LogP contribution >= 0.6 is 0 Å². The van der Waals surface area contributed by atoms with Gasteiger partial charge in [-0.1, -0.05) is 78.9 Å². The summed E-state index contributed by atoms with van der Waals surface area (Å²) in [5.74, 6) is 1.61. The molecule has 5 aromatic rings. The molecule has 0 aliphatic carbocycles. The van der Waals surface area contributed by atoms with Crippen LogP contribution in [0.3, 0.4) is 0 Å². The molecule has 182 valence electrons. The van der Waals surface area contributed by atoms with Gasteiger partial charge in [-0.05, 0) is 84.3 Å². The van der Waals surface area contributed by atoms with E-state index in [-0.39, 0.29) is 0 Å². The number of rotatable bonds is 7. The van der Waals surface area contributed by atoms with Crippen molar-refractivity contribution in [2.75, 3.05) is 10.6 Å². The van der Waals surface area contributed by atoms with Gasteiger partial charge in [0, 0.05) is 17.4 Å². The predicted octanol–water partition coefficient (Wildman–Crippen LogP) is 8.41. The van der Waals surface area contributed by atoms with Gasteiger partial charge in [0.05, 0.1) is 11.4 Å². The molecule has 0 bridgehead atoms. The predicted molar refractivity (Wildman–Crippen MR) is 153 cm³/mol. The maximum atomic E-state index is 6.26. The lowest BCUT2D eigenvalue weighted by molar-refractivity contribution is 0.477. The zero-order chi connectivity index (χ0) is 25.0. The second-order valence-electron chi connectivity index (χ2n) is 9.61. The molecular weight excluding hydrogens is 452 g/mol. The second kappa shape index (κ2) is 10.2. The largest absolute Gasteiger partial charge is 0.453 e. The average Bonchev–Trinajstić information content (AvgIpc) is 2.94. The third-order valence-corrected chi connectivity index (χ3v) is 6.94. The van der Waals surface area contributed by atoms with Gasteiger partial charge in [-0.15, -0.1) is 0 Å². The van der Waals surface area contributed by atoms with E-state index in [2.05, 4.69) is 102 Å². The van der Waals surface area contributed by atoms with E-state index in [0.29, 0.717) is 5.69 Å². The summed E-state index contributed by atoms with van der Waals surface area (Å²) in [5.41, 5.74) is 15.4. The van der Waals surface area contributed by atoms with Crippen LogP contribution in [0.2, 0.25) is 0 Å². The van der Waals surface area contributed by atoms with E-state index in [1.165, 1.54) is 22.3 Å². The average molecular weight is 483 g/mol. The number of ether oxygens (including phenoxy) is 1. The van der Waals surface area contributed by atoms with Crippen LogP contribution in [0, 0.1) is 0 Å². The first-order chi connectivity index (χ1) is 18.2. The van der Waals surface area contributed by atoms with Crippen molar-refractivity contribution < 1.29 is 4.74 Å². The number of hydrogen-bond acceptors (Lipinski definition) is 3. The number of nitrogens with two attached hydrogens (primary N) is 1. The van der Waals surface area contributed by atoms with Crippen molar-refractivity contribution in [2.45, 2.75) is 25.7 Å². The zero-order valence-electron chi connectivity index (χ0n) is 20.8. The van der Waals surface area contributed by atoms with Crippen LogP contribution in [-0.2, 0) is 25.7 Å². The number of anilines is 4. The number of benzene rings is 5. The summed E-state index contributed by atoms with van der Waals surface area (Å²) >= 11 is 0.